The average molecular weight is 389 g/mol. The van der Waals surface area contributed by atoms with Gasteiger partial charge in [-0.3, -0.25) is 19.8 Å². The fourth-order valence-corrected chi connectivity index (χ4v) is 3.33. The number of Topliss-reactive ketones (excluding diaryl/α,β-unsaturated/α-hetero) is 1. The highest BCUT2D eigenvalue weighted by Crippen LogP contribution is 2.28. The largest absolute Gasteiger partial charge is 0.481 e. The predicted molar refractivity (Wildman–Crippen MR) is 106 cm³/mol. The van der Waals surface area contributed by atoms with E-state index in [0.29, 0.717) is 24.4 Å². The number of ether oxygens (including phenoxy) is 1. The molecule has 1 amide bonds. The van der Waals surface area contributed by atoms with Gasteiger partial charge in [-0.2, -0.15) is 0 Å². The van der Waals surface area contributed by atoms with E-state index in [1.54, 1.807) is 36.1 Å². The van der Waals surface area contributed by atoms with Crippen LogP contribution in [0.15, 0.2) is 67.0 Å². The van der Waals surface area contributed by atoms with Crippen molar-refractivity contribution in [3.63, 3.8) is 0 Å². The molecule has 7 heteroatoms. The second-order valence-electron chi connectivity index (χ2n) is 6.65. The molecule has 0 bridgehead atoms. The Morgan fingerprint density at radius 2 is 1.97 bits per heavy atom. The zero-order chi connectivity index (χ0) is 20.2. The molecule has 0 saturated heterocycles. The number of rotatable bonds is 4. The number of hydrogen-bond donors (Lipinski definition) is 3. The third kappa shape index (κ3) is 3.87. The molecule has 29 heavy (non-hydrogen) atoms. The monoisotopic (exact) mass is 389 g/mol. The van der Waals surface area contributed by atoms with E-state index in [2.05, 4.69) is 10.3 Å². The van der Waals surface area contributed by atoms with Gasteiger partial charge in [0.2, 0.25) is 5.78 Å². The number of aromatic nitrogens is 1. The van der Waals surface area contributed by atoms with Gasteiger partial charge in [-0.05, 0) is 23.8 Å². The van der Waals surface area contributed by atoms with E-state index < -0.39 is 12.0 Å². The summed E-state index contributed by atoms with van der Waals surface area (Å²) >= 11 is 0. The van der Waals surface area contributed by atoms with Gasteiger partial charge in [-0.1, -0.05) is 36.4 Å². The molecule has 2 aromatic carbocycles. The highest BCUT2D eigenvalue weighted by Gasteiger charge is 2.27. The van der Waals surface area contributed by atoms with E-state index in [0.717, 1.165) is 16.7 Å². The fourth-order valence-electron chi connectivity index (χ4n) is 3.33. The van der Waals surface area contributed by atoms with Gasteiger partial charge in [0.25, 0.3) is 5.91 Å². The summed E-state index contributed by atoms with van der Waals surface area (Å²) in [6.07, 6.45) is 2.49. The van der Waals surface area contributed by atoms with Crippen LogP contribution in [0.5, 0.6) is 5.75 Å². The smallest absolute Gasteiger partial charge is 0.274 e. The molecule has 4 rings (SSSR count). The molecule has 1 aliphatic rings. The molecule has 0 fully saturated rings. The van der Waals surface area contributed by atoms with Gasteiger partial charge in [0.15, 0.2) is 6.10 Å². The molecular formula is C22H19N3O4. The van der Waals surface area contributed by atoms with Crippen LogP contribution in [0, 0.1) is 0 Å². The van der Waals surface area contributed by atoms with Gasteiger partial charge in [0, 0.05) is 47.7 Å². The molecule has 3 N–H and O–H groups in total. The van der Waals surface area contributed by atoms with E-state index in [-0.39, 0.29) is 11.3 Å². The van der Waals surface area contributed by atoms with Crippen LogP contribution in [-0.2, 0) is 6.54 Å². The average Bonchev–Trinajstić information content (AvgIpc) is 3.00. The number of nitrogens with zero attached hydrogens (tertiary/aromatic N) is 1. The number of nitrogens with one attached hydrogen (secondary N) is 2. The Balaban J connectivity index is 1.66. The minimum atomic E-state index is -0.770. The molecule has 7 nitrogen and oxygen atoms in total. The van der Waals surface area contributed by atoms with Crippen LogP contribution in [0.25, 0.3) is 11.1 Å². The van der Waals surface area contributed by atoms with Gasteiger partial charge in [-0.15, -0.1) is 0 Å². The van der Waals surface area contributed by atoms with Gasteiger partial charge in [0.05, 0.1) is 0 Å². The van der Waals surface area contributed by atoms with Crippen LogP contribution in [0.4, 0.5) is 0 Å². The molecule has 1 aliphatic heterocycles. The highest BCUT2D eigenvalue weighted by molar-refractivity contribution is 6.05. The number of hydroxylamine groups is 1. The molecule has 1 aromatic heterocycles. The standard InChI is InChI=1S/C22H19N3O4/c26-21(17-8-9-23-12-18(17)14-4-2-1-3-5-14)20-13-24-11-16-7-6-15(22(27)25-28)10-19(16)29-20/h1-10,12,20,24,28H,11,13H2,(H,25,27). The minimum absolute atomic E-state index is 0.177. The van der Waals surface area contributed by atoms with Gasteiger partial charge < -0.3 is 10.1 Å². The molecule has 0 spiro atoms. The Morgan fingerprint density at radius 3 is 2.76 bits per heavy atom. The highest BCUT2D eigenvalue weighted by atomic mass is 16.5. The Labute approximate surface area is 167 Å². The molecule has 1 atom stereocenters. The maximum atomic E-state index is 13.3. The number of carbonyl (C=O) groups is 2. The maximum Gasteiger partial charge on any atom is 0.274 e. The van der Waals surface area contributed by atoms with E-state index in [1.807, 2.05) is 30.3 Å². The zero-order valence-electron chi connectivity index (χ0n) is 15.5. The van der Waals surface area contributed by atoms with Crippen molar-refractivity contribution >= 4 is 11.7 Å². The summed E-state index contributed by atoms with van der Waals surface area (Å²) in [4.78, 5) is 29.2. The third-order valence-corrected chi connectivity index (χ3v) is 4.81. The maximum absolute atomic E-state index is 13.3. The Hall–Kier alpha value is -3.55. The van der Waals surface area contributed by atoms with Crippen molar-refractivity contribution in [2.45, 2.75) is 12.6 Å². The van der Waals surface area contributed by atoms with Crippen molar-refractivity contribution in [2.75, 3.05) is 6.54 Å². The number of hydrogen-bond acceptors (Lipinski definition) is 6. The first-order valence-corrected chi connectivity index (χ1v) is 9.16. The second kappa shape index (κ2) is 8.22. The van der Waals surface area contributed by atoms with Crippen molar-refractivity contribution in [1.29, 1.82) is 0 Å². The minimum Gasteiger partial charge on any atom is -0.481 e. The lowest BCUT2D eigenvalue weighted by Gasteiger charge is -2.18. The number of carbonyl (C=O) groups excluding carboxylic acids is 2. The summed E-state index contributed by atoms with van der Waals surface area (Å²) in [6, 6.07) is 16.1. The molecule has 0 aliphatic carbocycles. The molecule has 2 heterocycles. The normalized spacial score (nSPS) is 15.6. The molecule has 0 saturated carbocycles. The predicted octanol–water partition coefficient (Wildman–Crippen LogP) is 2.60. The molecule has 0 radical (unpaired) electrons. The van der Waals surface area contributed by atoms with E-state index in [9.17, 15) is 9.59 Å². The Bertz CT molecular complexity index is 1050. The van der Waals surface area contributed by atoms with Crippen molar-refractivity contribution in [3.8, 4) is 16.9 Å². The van der Waals surface area contributed by atoms with Crippen molar-refractivity contribution in [2.24, 2.45) is 0 Å². The van der Waals surface area contributed by atoms with Gasteiger partial charge in [0.1, 0.15) is 5.75 Å². The van der Waals surface area contributed by atoms with E-state index >= 15 is 0 Å². The number of benzene rings is 2. The number of amides is 1. The van der Waals surface area contributed by atoms with Crippen LogP contribution < -0.4 is 15.5 Å². The lowest BCUT2D eigenvalue weighted by atomic mass is 9.97. The number of fused-ring (bicyclic) bond motifs is 1. The second-order valence-corrected chi connectivity index (χ2v) is 6.65. The molecular weight excluding hydrogens is 370 g/mol. The summed E-state index contributed by atoms with van der Waals surface area (Å²) in [5.41, 5.74) is 4.83. The molecule has 146 valence electrons. The quantitative estimate of drug-likeness (QED) is 0.360. The van der Waals surface area contributed by atoms with Crippen LogP contribution in [0.3, 0.4) is 0 Å². The summed E-state index contributed by atoms with van der Waals surface area (Å²) in [5, 5.41) is 12.1. The lowest BCUT2D eigenvalue weighted by Crippen LogP contribution is -2.36. The Kier molecular flexibility index (Phi) is 5.33. The first-order chi connectivity index (χ1) is 14.2. The molecule has 3 aromatic rings. The molecule has 1 unspecified atom stereocenters. The number of ketones is 1. The Morgan fingerprint density at radius 1 is 1.14 bits per heavy atom. The summed E-state index contributed by atoms with van der Waals surface area (Å²) in [7, 11) is 0. The zero-order valence-corrected chi connectivity index (χ0v) is 15.5. The van der Waals surface area contributed by atoms with E-state index in [1.165, 1.54) is 6.07 Å². The third-order valence-electron chi connectivity index (χ3n) is 4.81. The first kappa shape index (κ1) is 18.8. The van der Waals surface area contributed by atoms with Crippen LogP contribution in [-0.4, -0.2) is 34.5 Å². The van der Waals surface area contributed by atoms with Gasteiger partial charge >= 0.3 is 0 Å². The fraction of sp³-hybridized carbons (Fsp3) is 0.136. The summed E-state index contributed by atoms with van der Waals surface area (Å²) < 4.78 is 6.01. The first-order valence-electron chi connectivity index (χ1n) is 9.16. The topological polar surface area (TPSA) is 101 Å². The van der Waals surface area contributed by atoms with Crippen molar-refractivity contribution in [3.05, 3.63) is 83.7 Å². The van der Waals surface area contributed by atoms with Crippen LogP contribution >= 0.6 is 0 Å². The summed E-state index contributed by atoms with van der Waals surface area (Å²) in [5.74, 6) is -0.384. The van der Waals surface area contributed by atoms with Gasteiger partial charge in [-0.25, -0.2) is 5.48 Å². The van der Waals surface area contributed by atoms with Crippen LogP contribution in [0.2, 0.25) is 0 Å². The summed E-state index contributed by atoms with van der Waals surface area (Å²) in [6.45, 7) is 0.827. The lowest BCUT2D eigenvalue weighted by molar-refractivity contribution is 0.0705. The SMILES string of the molecule is O=C(NO)c1ccc2c(c1)OC(C(=O)c1ccncc1-c1ccccc1)CNC2. The number of pyridine rings is 1. The van der Waals surface area contributed by atoms with Crippen LogP contribution in [0.1, 0.15) is 26.3 Å². The van der Waals surface area contributed by atoms with E-state index in [4.69, 9.17) is 9.94 Å². The van der Waals surface area contributed by atoms with Crippen molar-refractivity contribution < 1.29 is 19.5 Å². The van der Waals surface area contributed by atoms with Crippen molar-refractivity contribution in [1.82, 2.24) is 15.8 Å².